The van der Waals surface area contributed by atoms with Crippen LogP contribution in [0.4, 0.5) is 5.69 Å². The predicted molar refractivity (Wildman–Crippen MR) is 266 cm³/mol. The highest BCUT2D eigenvalue weighted by molar-refractivity contribution is 6.12. The fourth-order valence-electron chi connectivity index (χ4n) is 10.6. The number of unbranched alkanes of at least 4 members (excludes halogenated alkanes) is 3. The predicted octanol–water partition coefficient (Wildman–Crippen LogP) is 16.4. The number of aromatic nitrogens is 2. The number of rotatable bonds is 7. The fraction of sp³-hybridized carbons (Fsp3) is 0.448. The Bertz CT molecular complexity index is 2760. The Morgan fingerprint density at radius 3 is 1.67 bits per heavy atom. The van der Waals surface area contributed by atoms with Gasteiger partial charge in [0, 0.05) is 62.1 Å². The summed E-state index contributed by atoms with van der Waals surface area (Å²) in [5.74, 6) is 0.349. The Balaban J connectivity index is 1.25. The molecule has 3 aliphatic rings. The zero-order chi connectivity index (χ0) is 43.4. The van der Waals surface area contributed by atoms with E-state index in [9.17, 15) is 0 Å². The minimum atomic E-state index is 0.0629. The molecule has 6 aromatic rings. The van der Waals surface area contributed by atoms with Crippen molar-refractivity contribution < 1.29 is 0 Å². The highest BCUT2D eigenvalue weighted by Gasteiger charge is 2.42. The molecule has 0 spiro atoms. The third-order valence-electron chi connectivity index (χ3n) is 14.4. The van der Waals surface area contributed by atoms with E-state index in [1.807, 2.05) is 0 Å². The van der Waals surface area contributed by atoms with E-state index in [0.29, 0.717) is 5.92 Å². The number of hydrogen-bond acceptors (Lipinski definition) is 1. The summed E-state index contributed by atoms with van der Waals surface area (Å²) < 4.78 is 5.16. The van der Waals surface area contributed by atoms with Crippen LogP contribution < -0.4 is 4.90 Å². The van der Waals surface area contributed by atoms with Gasteiger partial charge >= 0.3 is 0 Å². The van der Waals surface area contributed by atoms with E-state index in [2.05, 4.69) is 201 Å². The molecule has 0 saturated carbocycles. The Hall–Kier alpha value is -4.76. The summed E-state index contributed by atoms with van der Waals surface area (Å²) in [5, 5.41) is 5.37. The van der Waals surface area contributed by atoms with Gasteiger partial charge in [0.05, 0.1) is 17.1 Å². The number of fused-ring (bicyclic) bond motifs is 8. The van der Waals surface area contributed by atoms with Gasteiger partial charge in [-0.05, 0) is 124 Å². The van der Waals surface area contributed by atoms with Gasteiger partial charge < -0.3 is 14.0 Å². The molecule has 1 aliphatic heterocycles. The molecule has 0 bridgehead atoms. The fourth-order valence-corrected chi connectivity index (χ4v) is 10.6. The van der Waals surface area contributed by atoms with Crippen molar-refractivity contribution in [1.82, 2.24) is 9.13 Å². The van der Waals surface area contributed by atoms with Crippen LogP contribution in [0.1, 0.15) is 140 Å². The minimum Gasteiger partial charge on any atom is -0.340 e. The lowest BCUT2D eigenvalue weighted by Gasteiger charge is -2.34. The van der Waals surface area contributed by atoms with Crippen LogP contribution in [-0.2, 0) is 17.4 Å². The van der Waals surface area contributed by atoms with Crippen molar-refractivity contribution in [2.75, 3.05) is 4.90 Å². The Morgan fingerprint density at radius 2 is 1.11 bits per heavy atom. The largest absolute Gasteiger partial charge is 0.340 e. The molecule has 0 N–H and O–H groups in total. The van der Waals surface area contributed by atoms with Gasteiger partial charge in [-0.1, -0.05) is 151 Å². The molecule has 2 aliphatic carbocycles. The van der Waals surface area contributed by atoms with Crippen LogP contribution in [0.5, 0.6) is 0 Å². The molecule has 3 heteroatoms. The second-order valence-electron chi connectivity index (χ2n) is 22.9. The summed E-state index contributed by atoms with van der Waals surface area (Å²) in [4.78, 5) is 2.72. The first-order chi connectivity index (χ1) is 28.7. The molecule has 61 heavy (non-hydrogen) atoms. The smallest absolute Gasteiger partial charge is 0.0626 e. The van der Waals surface area contributed by atoms with Crippen molar-refractivity contribution in [3.8, 4) is 5.69 Å². The zero-order valence-electron chi connectivity index (χ0n) is 39.7. The zero-order valence-corrected chi connectivity index (χ0v) is 39.7. The number of hydrogen-bond donors (Lipinski definition) is 0. The van der Waals surface area contributed by atoms with Crippen LogP contribution in [-0.4, -0.2) is 15.2 Å². The molecule has 3 heterocycles. The summed E-state index contributed by atoms with van der Waals surface area (Å²) in [6, 6.07) is 29.4. The van der Waals surface area contributed by atoms with Crippen molar-refractivity contribution >= 4 is 49.3 Å². The second kappa shape index (κ2) is 14.7. The molecule has 0 radical (unpaired) electrons. The number of anilines is 1. The van der Waals surface area contributed by atoms with Crippen molar-refractivity contribution in [3.05, 3.63) is 131 Å². The van der Waals surface area contributed by atoms with E-state index in [0.717, 1.165) is 19.4 Å². The maximum atomic E-state index is 2.72. The third-order valence-corrected chi connectivity index (χ3v) is 14.4. The average molecular weight is 810 g/mol. The van der Waals surface area contributed by atoms with Crippen molar-refractivity contribution in [2.45, 2.75) is 152 Å². The Kier molecular flexibility index (Phi) is 10.0. The summed E-state index contributed by atoms with van der Waals surface area (Å²) >= 11 is 0. The Labute approximate surface area is 366 Å². The molecule has 4 aromatic carbocycles. The van der Waals surface area contributed by atoms with Crippen LogP contribution in [0.25, 0.3) is 49.3 Å². The lowest BCUT2D eigenvalue weighted by molar-refractivity contribution is 0.477. The van der Waals surface area contributed by atoms with Crippen LogP contribution >= 0.6 is 0 Å². The van der Waals surface area contributed by atoms with Crippen molar-refractivity contribution in [3.63, 3.8) is 0 Å². The van der Waals surface area contributed by atoms with Gasteiger partial charge in [0.25, 0.3) is 0 Å². The molecule has 2 aromatic heterocycles. The molecule has 2 atom stereocenters. The van der Waals surface area contributed by atoms with Gasteiger partial charge in [0.15, 0.2) is 0 Å². The first-order valence-corrected chi connectivity index (χ1v) is 23.5. The van der Waals surface area contributed by atoms with Gasteiger partial charge in [-0.3, -0.25) is 0 Å². The average Bonchev–Trinajstić information content (AvgIpc) is 3.82. The van der Waals surface area contributed by atoms with E-state index < -0.39 is 0 Å². The topological polar surface area (TPSA) is 13.1 Å². The molecule has 0 amide bonds. The van der Waals surface area contributed by atoms with Gasteiger partial charge in [0.2, 0.25) is 0 Å². The van der Waals surface area contributed by atoms with E-state index in [-0.39, 0.29) is 27.7 Å². The second-order valence-corrected chi connectivity index (χ2v) is 22.9. The first-order valence-electron chi connectivity index (χ1n) is 23.5. The summed E-state index contributed by atoms with van der Waals surface area (Å²) in [5.41, 5.74) is 17.0. The molecule has 9 rings (SSSR count). The summed E-state index contributed by atoms with van der Waals surface area (Å²) in [7, 11) is 0. The Morgan fingerprint density at radius 1 is 0.557 bits per heavy atom. The number of allylic oxidation sites excluding steroid dienone is 5. The van der Waals surface area contributed by atoms with Crippen LogP contribution in [0.15, 0.2) is 120 Å². The van der Waals surface area contributed by atoms with E-state index in [1.54, 1.807) is 5.57 Å². The minimum absolute atomic E-state index is 0.0629. The summed E-state index contributed by atoms with van der Waals surface area (Å²) in [6.45, 7) is 31.5. The normalized spacial score (nSPS) is 18.8. The maximum absolute atomic E-state index is 2.72. The van der Waals surface area contributed by atoms with Gasteiger partial charge in [-0.15, -0.1) is 0 Å². The van der Waals surface area contributed by atoms with Crippen molar-refractivity contribution in [1.29, 1.82) is 0 Å². The maximum Gasteiger partial charge on any atom is 0.0626 e. The van der Waals surface area contributed by atoms with E-state index >= 15 is 0 Å². The van der Waals surface area contributed by atoms with Crippen LogP contribution in [0.2, 0.25) is 0 Å². The molecule has 2 unspecified atom stereocenters. The molecule has 0 saturated heterocycles. The van der Waals surface area contributed by atoms with Gasteiger partial charge in [0.1, 0.15) is 0 Å². The lowest BCUT2D eigenvalue weighted by atomic mass is 9.75. The van der Waals surface area contributed by atoms with Gasteiger partial charge in [-0.2, -0.15) is 0 Å². The molecular weight excluding hydrogens is 739 g/mol. The monoisotopic (exact) mass is 810 g/mol. The SMILES string of the molecule is CCCCCCn1c2ccc(N3C4=C(C=C(C(C)(C)C)CC4)C4C=C(C(C)(C)C)C=CC43)cc2c2cc(-n3c4ccc(C(C)(C)C)cc4c4cc(C(C)(C)C)ccc43)ccc21. The number of aryl methyl sites for hydroxylation is 1. The van der Waals surface area contributed by atoms with Crippen molar-refractivity contribution in [2.24, 2.45) is 16.7 Å². The van der Waals surface area contributed by atoms with E-state index in [1.165, 1.54) is 109 Å². The first kappa shape index (κ1) is 41.6. The lowest BCUT2D eigenvalue weighted by Crippen LogP contribution is -2.34. The molecule has 3 nitrogen and oxygen atoms in total. The third kappa shape index (κ3) is 7.22. The van der Waals surface area contributed by atoms with Crippen LogP contribution in [0.3, 0.4) is 0 Å². The quantitative estimate of drug-likeness (QED) is 0.146. The molecule has 0 fully saturated rings. The van der Waals surface area contributed by atoms with Crippen LogP contribution in [0, 0.1) is 16.7 Å². The molecular formula is C58H71N3. The number of nitrogens with zero attached hydrogens (tertiary/aromatic N) is 3. The summed E-state index contributed by atoms with van der Waals surface area (Å²) in [6.07, 6.45) is 17.3. The standard InChI is InChI=1S/C58H71N3/c1-14-15-16-17-30-59-49-28-22-41(60-51-24-18-37(55(2,3)4)31-43(51)44-32-38(56(5,6)7)19-25-52(44)60)35-47(49)48-36-42(23-29-50(48)59)61-53-26-20-39(57(8,9)10)33-45(53)46-34-40(58(11,12)13)21-27-54(46)61/h18-20,22-26,28-29,31-36,45,53H,14-17,21,27,30H2,1-13H3. The molecule has 318 valence electrons. The highest BCUT2D eigenvalue weighted by Crippen LogP contribution is 2.51. The number of benzene rings is 4. The van der Waals surface area contributed by atoms with Gasteiger partial charge in [-0.25, -0.2) is 0 Å². The van der Waals surface area contributed by atoms with E-state index in [4.69, 9.17) is 0 Å². The highest BCUT2D eigenvalue weighted by atomic mass is 15.2.